The highest BCUT2D eigenvalue weighted by molar-refractivity contribution is 8.29. The molecule has 4 nitrogen and oxygen atoms in total. The van der Waals surface area contributed by atoms with Crippen molar-refractivity contribution in [1.29, 1.82) is 0 Å². The molecule has 1 aliphatic rings. The molecule has 0 aromatic heterocycles. The van der Waals surface area contributed by atoms with Gasteiger partial charge in [-0.05, 0) is 39.9 Å². The molecule has 32 heavy (non-hydrogen) atoms. The zero-order valence-corrected chi connectivity index (χ0v) is 22.0. The number of amides is 1. The van der Waals surface area contributed by atoms with Gasteiger partial charge >= 0.3 is 6.09 Å². The number of hydrogen-bond donors (Lipinski definition) is 1. The molecule has 0 atom stereocenters. The minimum atomic E-state index is -1.59. The standard InChI is InChI=1S/C26H37NO3SSi/c1-19(2)32(20(3)4,21(5)6)31-24-14-12-23(13-15-24)26(17-29-18-26)27-25(28)30-16-22-10-8-7-9-11-22/h7-15,19-21H,16-18H2,1-6H3,(H,27,28). The van der Waals surface area contributed by atoms with Crippen LogP contribution in [0.3, 0.4) is 0 Å². The third-order valence-corrected chi connectivity index (χ3v) is 18.9. The van der Waals surface area contributed by atoms with Crippen LogP contribution in [0, 0.1) is 0 Å². The third kappa shape index (κ3) is 5.24. The van der Waals surface area contributed by atoms with E-state index in [4.69, 9.17) is 9.47 Å². The molecule has 1 saturated heterocycles. The van der Waals surface area contributed by atoms with Gasteiger partial charge in [0, 0.05) is 4.90 Å². The molecule has 2 aromatic rings. The number of nitrogens with one attached hydrogen (secondary N) is 1. The van der Waals surface area contributed by atoms with Crippen molar-refractivity contribution < 1.29 is 14.3 Å². The normalized spacial score (nSPS) is 15.7. The monoisotopic (exact) mass is 471 g/mol. The van der Waals surface area contributed by atoms with Crippen molar-refractivity contribution in [1.82, 2.24) is 5.32 Å². The van der Waals surface area contributed by atoms with Crippen LogP contribution in [0.25, 0.3) is 0 Å². The summed E-state index contributed by atoms with van der Waals surface area (Å²) in [6.45, 7) is 15.5. The summed E-state index contributed by atoms with van der Waals surface area (Å²) in [6.07, 6.45) is -0.415. The Hall–Kier alpha value is -1.76. The van der Waals surface area contributed by atoms with Crippen LogP contribution < -0.4 is 5.32 Å². The summed E-state index contributed by atoms with van der Waals surface area (Å²) in [5.41, 5.74) is 3.60. The Morgan fingerprint density at radius 3 is 2.00 bits per heavy atom. The molecule has 0 bridgehead atoms. The fourth-order valence-electron chi connectivity index (χ4n) is 4.97. The van der Waals surface area contributed by atoms with E-state index in [-0.39, 0.29) is 6.61 Å². The lowest BCUT2D eigenvalue weighted by atomic mass is 9.88. The van der Waals surface area contributed by atoms with Gasteiger partial charge in [0.05, 0.1) is 13.2 Å². The molecule has 2 aromatic carbocycles. The summed E-state index contributed by atoms with van der Waals surface area (Å²) in [7, 11) is -1.59. The molecular weight excluding hydrogens is 434 g/mol. The molecule has 1 N–H and O–H groups in total. The van der Waals surface area contributed by atoms with E-state index in [0.29, 0.717) is 29.8 Å². The molecule has 6 heteroatoms. The zero-order chi connectivity index (χ0) is 23.4. The first-order valence-electron chi connectivity index (χ1n) is 11.6. The first kappa shape index (κ1) is 24.9. The summed E-state index contributed by atoms with van der Waals surface area (Å²) >= 11 is 2.12. The Kier molecular flexibility index (Phi) is 8.12. The van der Waals surface area contributed by atoms with Crippen molar-refractivity contribution >= 4 is 24.5 Å². The lowest BCUT2D eigenvalue weighted by Gasteiger charge is -2.43. The van der Waals surface area contributed by atoms with Crippen LogP contribution in [-0.4, -0.2) is 26.5 Å². The number of carbonyl (C=O) groups excluding carboxylic acids is 1. The van der Waals surface area contributed by atoms with Gasteiger partial charge in [-0.3, -0.25) is 0 Å². The van der Waals surface area contributed by atoms with Gasteiger partial charge in [0.25, 0.3) is 0 Å². The van der Waals surface area contributed by atoms with Crippen molar-refractivity contribution in [3.63, 3.8) is 0 Å². The minimum absolute atomic E-state index is 0.255. The Morgan fingerprint density at radius 1 is 0.969 bits per heavy atom. The Morgan fingerprint density at radius 2 is 1.53 bits per heavy atom. The molecule has 174 valence electrons. The molecule has 3 rings (SSSR count). The second kappa shape index (κ2) is 10.4. The second-order valence-electron chi connectivity index (χ2n) is 9.71. The van der Waals surface area contributed by atoms with Gasteiger partial charge < -0.3 is 14.8 Å². The Labute approximate surface area is 198 Å². The summed E-state index contributed by atoms with van der Waals surface area (Å²) in [5, 5.41) is 3.05. The highest BCUT2D eigenvalue weighted by atomic mass is 32.4. The summed E-state index contributed by atoms with van der Waals surface area (Å²) in [5.74, 6) is 0. The van der Waals surface area contributed by atoms with Crippen molar-refractivity contribution in [2.24, 2.45) is 0 Å². The van der Waals surface area contributed by atoms with E-state index >= 15 is 0 Å². The van der Waals surface area contributed by atoms with Crippen LogP contribution in [0.5, 0.6) is 0 Å². The Bertz CT molecular complexity index is 858. The van der Waals surface area contributed by atoms with E-state index in [1.807, 2.05) is 30.3 Å². The first-order chi connectivity index (χ1) is 15.2. The Balaban J connectivity index is 1.70. The van der Waals surface area contributed by atoms with Crippen LogP contribution in [-0.2, 0) is 21.6 Å². The number of alkyl carbamates (subject to hydrolysis) is 1. The van der Waals surface area contributed by atoms with Gasteiger partial charge in [0.1, 0.15) is 19.4 Å². The highest BCUT2D eigenvalue weighted by Gasteiger charge is 2.45. The molecule has 1 aliphatic heterocycles. The van der Waals surface area contributed by atoms with Gasteiger partial charge in [-0.2, -0.15) is 11.2 Å². The van der Waals surface area contributed by atoms with Crippen molar-refractivity contribution in [3.8, 4) is 0 Å². The topological polar surface area (TPSA) is 47.6 Å². The number of hydrogen-bond acceptors (Lipinski definition) is 4. The van der Waals surface area contributed by atoms with Crippen LogP contribution in [0.4, 0.5) is 4.79 Å². The molecule has 0 aliphatic carbocycles. The van der Waals surface area contributed by atoms with E-state index in [1.54, 1.807) is 0 Å². The molecule has 0 saturated carbocycles. The van der Waals surface area contributed by atoms with Crippen molar-refractivity contribution in [3.05, 3.63) is 65.7 Å². The predicted molar refractivity (Wildman–Crippen MR) is 136 cm³/mol. The molecule has 1 amide bonds. The average Bonchev–Trinajstić information content (AvgIpc) is 2.73. The van der Waals surface area contributed by atoms with E-state index in [1.165, 1.54) is 4.90 Å². The van der Waals surface area contributed by atoms with Gasteiger partial charge in [-0.1, -0.05) is 84.0 Å². The maximum absolute atomic E-state index is 12.5. The summed E-state index contributed by atoms with van der Waals surface area (Å²) in [4.78, 5) is 13.8. The summed E-state index contributed by atoms with van der Waals surface area (Å²) < 4.78 is 10.9. The van der Waals surface area contributed by atoms with E-state index in [2.05, 4.69) is 82.3 Å². The van der Waals surface area contributed by atoms with Crippen LogP contribution in [0.15, 0.2) is 59.5 Å². The second-order valence-corrected chi connectivity index (χ2v) is 18.3. The zero-order valence-electron chi connectivity index (χ0n) is 20.2. The van der Waals surface area contributed by atoms with Gasteiger partial charge in [0.2, 0.25) is 0 Å². The number of carbonyl (C=O) groups is 1. The fourth-order valence-corrected chi connectivity index (χ4v) is 14.1. The van der Waals surface area contributed by atoms with Crippen LogP contribution >= 0.6 is 11.2 Å². The van der Waals surface area contributed by atoms with Crippen LogP contribution in [0.1, 0.15) is 52.7 Å². The first-order valence-corrected chi connectivity index (χ1v) is 15.3. The van der Waals surface area contributed by atoms with Crippen molar-refractivity contribution in [2.45, 2.75) is 75.2 Å². The molecule has 0 unspecified atom stereocenters. The third-order valence-electron chi connectivity index (χ3n) is 6.66. The quantitative estimate of drug-likeness (QED) is 0.396. The van der Waals surface area contributed by atoms with E-state index in [0.717, 1.165) is 11.1 Å². The lowest BCUT2D eigenvalue weighted by molar-refractivity contribution is -0.0762. The van der Waals surface area contributed by atoms with E-state index in [9.17, 15) is 4.79 Å². The van der Waals surface area contributed by atoms with Crippen molar-refractivity contribution in [2.75, 3.05) is 13.2 Å². The van der Waals surface area contributed by atoms with Gasteiger partial charge in [-0.15, -0.1) is 0 Å². The van der Waals surface area contributed by atoms with Crippen LogP contribution in [0.2, 0.25) is 16.6 Å². The molecule has 1 heterocycles. The SMILES string of the molecule is CC(C)[Si](Sc1ccc(C2(NC(=O)OCc3ccccc3)COC2)cc1)(C(C)C)C(C)C. The molecule has 1 fully saturated rings. The number of benzene rings is 2. The summed E-state index contributed by atoms with van der Waals surface area (Å²) in [6, 6.07) is 18.4. The largest absolute Gasteiger partial charge is 0.445 e. The number of rotatable bonds is 9. The number of ether oxygens (including phenoxy) is 2. The van der Waals surface area contributed by atoms with Gasteiger partial charge in [0.15, 0.2) is 0 Å². The smallest absolute Gasteiger partial charge is 0.408 e. The van der Waals surface area contributed by atoms with E-state index < -0.39 is 18.9 Å². The highest BCUT2D eigenvalue weighted by Crippen LogP contribution is 2.52. The minimum Gasteiger partial charge on any atom is -0.445 e. The maximum Gasteiger partial charge on any atom is 0.408 e. The maximum atomic E-state index is 12.5. The average molecular weight is 472 g/mol. The molecule has 0 spiro atoms. The lowest BCUT2D eigenvalue weighted by Crippen LogP contribution is -2.59. The fraction of sp³-hybridized carbons (Fsp3) is 0.500. The predicted octanol–water partition coefficient (Wildman–Crippen LogP) is 7.11. The molecule has 0 radical (unpaired) electrons. The molecular formula is C26H37NO3SSi. The van der Waals surface area contributed by atoms with Gasteiger partial charge in [-0.25, -0.2) is 4.79 Å².